The number of carbonyl (C=O) groups is 1. The number of carbonyl (C=O) groups excluding carboxylic acids is 1. The molecule has 1 atom stereocenters. The van der Waals surface area contributed by atoms with Crippen molar-refractivity contribution in [1.29, 1.82) is 0 Å². The van der Waals surface area contributed by atoms with Gasteiger partial charge >= 0.3 is 0 Å². The lowest BCUT2D eigenvalue weighted by atomic mass is 9.80. The largest absolute Gasteiger partial charge is 0.302 e. The molecule has 1 aromatic carbocycles. The van der Waals surface area contributed by atoms with Gasteiger partial charge in [0.05, 0.1) is 17.7 Å². The van der Waals surface area contributed by atoms with Crippen molar-refractivity contribution in [3.63, 3.8) is 0 Å². The summed E-state index contributed by atoms with van der Waals surface area (Å²) in [6.45, 7) is 4.04. The Morgan fingerprint density at radius 2 is 2.05 bits per heavy atom. The van der Waals surface area contributed by atoms with Gasteiger partial charge < -0.3 is 4.57 Å². The predicted molar refractivity (Wildman–Crippen MR) is 86.1 cm³/mol. The summed E-state index contributed by atoms with van der Waals surface area (Å²) in [5, 5.41) is 0. The molecule has 2 heterocycles. The first-order valence-electron chi connectivity index (χ1n) is 8.05. The number of ketones is 1. The van der Waals surface area contributed by atoms with Crippen LogP contribution in [0.25, 0.3) is 5.69 Å². The summed E-state index contributed by atoms with van der Waals surface area (Å²) in [5.74, 6) is 0.785. The van der Waals surface area contributed by atoms with Gasteiger partial charge in [0.15, 0.2) is 0 Å². The molecule has 0 bridgehead atoms. The lowest BCUT2D eigenvalue weighted by molar-refractivity contribution is -0.123. The average molecular weight is 292 g/mol. The summed E-state index contributed by atoms with van der Waals surface area (Å²) >= 11 is 0. The van der Waals surface area contributed by atoms with Crippen LogP contribution in [0, 0.1) is 5.92 Å². The van der Waals surface area contributed by atoms with Gasteiger partial charge in [0.1, 0.15) is 5.78 Å². The van der Waals surface area contributed by atoms with Gasteiger partial charge in [-0.2, -0.15) is 0 Å². The van der Waals surface area contributed by atoms with Gasteiger partial charge in [-0.05, 0) is 37.3 Å². The highest BCUT2D eigenvalue weighted by Gasteiger charge is 2.32. The SMILES string of the molecule is C=C1CCC(C(=O)CC2c3ccccc3-n3cncc32)CC1. The Morgan fingerprint density at radius 3 is 2.86 bits per heavy atom. The molecule has 112 valence electrons. The van der Waals surface area contributed by atoms with E-state index in [-0.39, 0.29) is 11.8 Å². The molecule has 0 amide bonds. The number of benzene rings is 1. The van der Waals surface area contributed by atoms with Crippen LogP contribution in [0.3, 0.4) is 0 Å². The number of fused-ring (bicyclic) bond motifs is 3. The van der Waals surface area contributed by atoms with Crippen LogP contribution >= 0.6 is 0 Å². The molecule has 2 aromatic rings. The van der Waals surface area contributed by atoms with Crippen LogP contribution in [0.1, 0.15) is 49.3 Å². The van der Waals surface area contributed by atoms with Gasteiger partial charge in [0.25, 0.3) is 0 Å². The smallest absolute Gasteiger partial charge is 0.137 e. The second-order valence-corrected chi connectivity index (χ2v) is 6.49. The number of nitrogens with zero attached hydrogens (tertiary/aromatic N) is 2. The molecule has 0 radical (unpaired) electrons. The molecule has 4 rings (SSSR count). The first-order valence-corrected chi connectivity index (χ1v) is 8.05. The minimum absolute atomic E-state index is 0.163. The fraction of sp³-hybridized carbons (Fsp3) is 0.368. The van der Waals surface area contributed by atoms with Crippen molar-refractivity contribution >= 4 is 5.78 Å². The average Bonchev–Trinajstić information content (AvgIpc) is 3.11. The Kier molecular flexibility index (Phi) is 3.21. The van der Waals surface area contributed by atoms with Gasteiger partial charge in [0, 0.05) is 24.5 Å². The van der Waals surface area contributed by atoms with Crippen LogP contribution in [0.2, 0.25) is 0 Å². The van der Waals surface area contributed by atoms with Crippen LogP contribution in [-0.2, 0) is 4.79 Å². The first-order chi connectivity index (χ1) is 10.7. The van der Waals surface area contributed by atoms with E-state index in [4.69, 9.17) is 0 Å². The second-order valence-electron chi connectivity index (χ2n) is 6.49. The molecule has 1 saturated carbocycles. The predicted octanol–water partition coefficient (Wildman–Crippen LogP) is 4.02. The number of Topliss-reactive ketones (excluding diaryl/α,β-unsaturated/α-hetero) is 1. The number of allylic oxidation sites excluding steroid dienone is 1. The molecule has 2 aliphatic rings. The first kappa shape index (κ1) is 13.5. The van der Waals surface area contributed by atoms with E-state index in [0.717, 1.165) is 31.4 Å². The summed E-state index contributed by atoms with van der Waals surface area (Å²) in [6, 6.07) is 8.35. The number of hydrogen-bond acceptors (Lipinski definition) is 2. The van der Waals surface area contributed by atoms with Crippen molar-refractivity contribution in [2.45, 2.75) is 38.0 Å². The van der Waals surface area contributed by atoms with Crippen LogP contribution in [0.15, 0.2) is 48.9 Å². The van der Waals surface area contributed by atoms with E-state index in [1.165, 1.54) is 16.8 Å². The van der Waals surface area contributed by atoms with Crippen LogP contribution in [0.5, 0.6) is 0 Å². The lowest BCUT2D eigenvalue weighted by Gasteiger charge is -2.23. The summed E-state index contributed by atoms with van der Waals surface area (Å²) in [5.41, 5.74) is 4.88. The monoisotopic (exact) mass is 292 g/mol. The molecular formula is C19H20N2O. The number of imidazole rings is 1. The third kappa shape index (κ3) is 2.12. The molecular weight excluding hydrogens is 272 g/mol. The van der Waals surface area contributed by atoms with Gasteiger partial charge in [-0.1, -0.05) is 30.4 Å². The minimum Gasteiger partial charge on any atom is -0.302 e. The van der Waals surface area contributed by atoms with E-state index in [9.17, 15) is 4.79 Å². The molecule has 3 heteroatoms. The van der Waals surface area contributed by atoms with Gasteiger partial charge in [-0.25, -0.2) is 4.98 Å². The fourth-order valence-corrected chi connectivity index (χ4v) is 3.86. The van der Waals surface area contributed by atoms with Crippen molar-refractivity contribution in [3.05, 3.63) is 60.2 Å². The van der Waals surface area contributed by atoms with E-state index < -0.39 is 0 Å². The molecule has 0 N–H and O–H groups in total. The second kappa shape index (κ2) is 5.24. The standard InChI is InChI=1S/C19H20N2O/c1-13-6-8-14(9-7-13)19(22)10-16-15-4-2-3-5-17(15)21-12-20-11-18(16)21/h2-5,11-12,14,16H,1,6-10H2. The molecule has 0 saturated heterocycles. The molecule has 22 heavy (non-hydrogen) atoms. The van der Waals surface area contributed by atoms with Crippen LogP contribution in [0.4, 0.5) is 0 Å². The molecule has 1 fully saturated rings. The fourth-order valence-electron chi connectivity index (χ4n) is 3.86. The Balaban J connectivity index is 1.58. The zero-order valence-corrected chi connectivity index (χ0v) is 12.7. The van der Waals surface area contributed by atoms with Crippen molar-refractivity contribution in [3.8, 4) is 5.69 Å². The Bertz CT molecular complexity index is 733. The summed E-state index contributed by atoms with van der Waals surface area (Å²) in [4.78, 5) is 17.0. The summed E-state index contributed by atoms with van der Waals surface area (Å²) in [6.07, 6.45) is 8.32. The zero-order valence-electron chi connectivity index (χ0n) is 12.7. The van der Waals surface area contributed by atoms with Crippen molar-refractivity contribution in [2.75, 3.05) is 0 Å². The summed E-state index contributed by atoms with van der Waals surface area (Å²) < 4.78 is 2.12. The quantitative estimate of drug-likeness (QED) is 0.801. The third-order valence-corrected chi connectivity index (χ3v) is 5.15. The van der Waals surface area contributed by atoms with Gasteiger partial charge in [0.2, 0.25) is 0 Å². The topological polar surface area (TPSA) is 34.9 Å². The molecule has 1 aliphatic heterocycles. The zero-order chi connectivity index (χ0) is 15.1. The molecule has 1 aromatic heterocycles. The number of hydrogen-bond donors (Lipinski definition) is 0. The maximum atomic E-state index is 12.7. The summed E-state index contributed by atoms with van der Waals surface area (Å²) in [7, 11) is 0. The highest BCUT2D eigenvalue weighted by molar-refractivity contribution is 5.83. The van der Waals surface area contributed by atoms with Crippen molar-refractivity contribution in [1.82, 2.24) is 9.55 Å². The maximum absolute atomic E-state index is 12.7. The molecule has 3 nitrogen and oxygen atoms in total. The third-order valence-electron chi connectivity index (χ3n) is 5.15. The Hall–Kier alpha value is -2.16. The lowest BCUT2D eigenvalue weighted by Crippen LogP contribution is -2.20. The number of rotatable bonds is 3. The molecule has 1 aliphatic carbocycles. The van der Waals surface area contributed by atoms with Crippen molar-refractivity contribution in [2.24, 2.45) is 5.92 Å². The van der Waals surface area contributed by atoms with Crippen LogP contribution in [-0.4, -0.2) is 15.3 Å². The highest BCUT2D eigenvalue weighted by atomic mass is 16.1. The molecule has 0 spiro atoms. The van der Waals surface area contributed by atoms with Gasteiger partial charge in [-0.3, -0.25) is 4.79 Å². The number of aromatic nitrogens is 2. The van der Waals surface area contributed by atoms with E-state index in [0.29, 0.717) is 12.2 Å². The van der Waals surface area contributed by atoms with E-state index >= 15 is 0 Å². The van der Waals surface area contributed by atoms with Crippen LogP contribution < -0.4 is 0 Å². The van der Waals surface area contributed by atoms with E-state index in [2.05, 4.69) is 34.3 Å². The van der Waals surface area contributed by atoms with E-state index in [1.807, 2.05) is 18.6 Å². The normalized spacial score (nSPS) is 20.7. The molecule has 1 unspecified atom stereocenters. The number of para-hydroxylation sites is 1. The van der Waals surface area contributed by atoms with Crippen molar-refractivity contribution < 1.29 is 4.79 Å². The van der Waals surface area contributed by atoms with E-state index in [1.54, 1.807) is 0 Å². The Morgan fingerprint density at radius 1 is 1.27 bits per heavy atom. The Labute approximate surface area is 130 Å². The van der Waals surface area contributed by atoms with Gasteiger partial charge in [-0.15, -0.1) is 0 Å². The minimum atomic E-state index is 0.163. The highest BCUT2D eigenvalue weighted by Crippen LogP contribution is 2.41. The maximum Gasteiger partial charge on any atom is 0.137 e.